The van der Waals surface area contributed by atoms with Gasteiger partial charge < -0.3 is 10.2 Å². The number of nitrogens with one attached hydrogen (secondary N) is 1. The SMILES string of the molecule is CN(CCCC1CCCCN1)Cc1ccc(Cl)cc1. The van der Waals surface area contributed by atoms with Gasteiger partial charge in [-0.05, 0) is 63.5 Å². The van der Waals surface area contributed by atoms with E-state index in [4.69, 9.17) is 11.6 Å². The van der Waals surface area contributed by atoms with E-state index in [0.717, 1.165) is 17.6 Å². The van der Waals surface area contributed by atoms with Gasteiger partial charge in [0, 0.05) is 17.6 Å². The molecule has 1 aliphatic heterocycles. The molecule has 1 atom stereocenters. The fourth-order valence-electron chi connectivity index (χ4n) is 2.76. The average Bonchev–Trinajstić information content (AvgIpc) is 2.43. The summed E-state index contributed by atoms with van der Waals surface area (Å²) < 4.78 is 0. The second kappa shape index (κ2) is 7.88. The van der Waals surface area contributed by atoms with Crippen LogP contribution in [-0.4, -0.2) is 31.1 Å². The second-order valence-corrected chi connectivity index (χ2v) is 6.09. The van der Waals surface area contributed by atoms with Crippen LogP contribution in [0.5, 0.6) is 0 Å². The molecule has 1 unspecified atom stereocenters. The second-order valence-electron chi connectivity index (χ2n) is 5.65. The lowest BCUT2D eigenvalue weighted by molar-refractivity contribution is 0.297. The highest BCUT2D eigenvalue weighted by atomic mass is 35.5. The van der Waals surface area contributed by atoms with Crippen LogP contribution in [0.15, 0.2) is 24.3 Å². The molecular weight excluding hydrogens is 256 g/mol. The standard InChI is InChI=1S/C16H25ClN2/c1-19(13-14-7-9-15(17)10-8-14)12-4-6-16-5-2-3-11-18-16/h7-10,16,18H,2-6,11-13H2,1H3. The smallest absolute Gasteiger partial charge is 0.0406 e. The topological polar surface area (TPSA) is 15.3 Å². The van der Waals surface area contributed by atoms with Gasteiger partial charge in [0.1, 0.15) is 0 Å². The van der Waals surface area contributed by atoms with Gasteiger partial charge in [-0.15, -0.1) is 0 Å². The number of hydrogen-bond donors (Lipinski definition) is 1. The third-order valence-corrected chi connectivity index (χ3v) is 4.12. The lowest BCUT2D eigenvalue weighted by Gasteiger charge is -2.24. The van der Waals surface area contributed by atoms with Crippen molar-refractivity contribution in [2.75, 3.05) is 20.1 Å². The van der Waals surface area contributed by atoms with E-state index in [2.05, 4.69) is 29.4 Å². The molecule has 3 heteroatoms. The minimum Gasteiger partial charge on any atom is -0.314 e. The largest absolute Gasteiger partial charge is 0.314 e. The molecule has 1 aliphatic rings. The van der Waals surface area contributed by atoms with Crippen molar-refractivity contribution in [1.29, 1.82) is 0 Å². The molecule has 0 saturated carbocycles. The molecule has 2 nitrogen and oxygen atoms in total. The van der Waals surface area contributed by atoms with Crippen molar-refractivity contribution >= 4 is 11.6 Å². The molecule has 1 fully saturated rings. The Morgan fingerprint density at radius 2 is 2.05 bits per heavy atom. The van der Waals surface area contributed by atoms with Crippen molar-refractivity contribution in [1.82, 2.24) is 10.2 Å². The van der Waals surface area contributed by atoms with Gasteiger partial charge in [-0.2, -0.15) is 0 Å². The number of piperidine rings is 1. The van der Waals surface area contributed by atoms with Gasteiger partial charge in [0.25, 0.3) is 0 Å². The van der Waals surface area contributed by atoms with Gasteiger partial charge in [0.05, 0.1) is 0 Å². The zero-order valence-corrected chi connectivity index (χ0v) is 12.6. The predicted molar refractivity (Wildman–Crippen MR) is 82.7 cm³/mol. The first-order chi connectivity index (χ1) is 9.24. The van der Waals surface area contributed by atoms with Crippen LogP contribution in [0.2, 0.25) is 5.02 Å². The van der Waals surface area contributed by atoms with Crippen LogP contribution in [0.25, 0.3) is 0 Å². The Morgan fingerprint density at radius 3 is 2.74 bits per heavy atom. The van der Waals surface area contributed by atoms with Gasteiger partial charge >= 0.3 is 0 Å². The van der Waals surface area contributed by atoms with E-state index in [1.54, 1.807) is 0 Å². The summed E-state index contributed by atoms with van der Waals surface area (Å²) in [6, 6.07) is 8.92. The minimum atomic E-state index is 0.762. The fourth-order valence-corrected chi connectivity index (χ4v) is 2.88. The van der Waals surface area contributed by atoms with Crippen LogP contribution in [0.3, 0.4) is 0 Å². The molecule has 1 saturated heterocycles. The number of nitrogens with zero attached hydrogens (tertiary/aromatic N) is 1. The van der Waals surface area contributed by atoms with Gasteiger partial charge in [-0.3, -0.25) is 0 Å². The first-order valence-electron chi connectivity index (χ1n) is 7.40. The third-order valence-electron chi connectivity index (χ3n) is 3.87. The van der Waals surface area contributed by atoms with Crippen molar-refractivity contribution in [3.05, 3.63) is 34.9 Å². The van der Waals surface area contributed by atoms with Crippen LogP contribution in [0.1, 0.15) is 37.7 Å². The summed E-state index contributed by atoms with van der Waals surface area (Å²) in [4.78, 5) is 2.39. The van der Waals surface area contributed by atoms with E-state index < -0.39 is 0 Å². The monoisotopic (exact) mass is 280 g/mol. The zero-order chi connectivity index (χ0) is 13.5. The van der Waals surface area contributed by atoms with E-state index in [1.165, 1.54) is 50.8 Å². The summed E-state index contributed by atoms with van der Waals surface area (Å²) >= 11 is 5.90. The molecule has 1 N–H and O–H groups in total. The first-order valence-corrected chi connectivity index (χ1v) is 7.78. The number of benzene rings is 1. The van der Waals surface area contributed by atoms with Crippen molar-refractivity contribution in [3.63, 3.8) is 0 Å². The molecule has 0 aliphatic carbocycles. The maximum atomic E-state index is 5.90. The Bertz CT molecular complexity index is 358. The van der Waals surface area contributed by atoms with Gasteiger partial charge in [0.15, 0.2) is 0 Å². The van der Waals surface area contributed by atoms with Crippen molar-refractivity contribution in [3.8, 4) is 0 Å². The van der Waals surface area contributed by atoms with Crippen molar-refractivity contribution < 1.29 is 0 Å². The lowest BCUT2D eigenvalue weighted by atomic mass is 10.0. The molecule has 0 radical (unpaired) electrons. The maximum absolute atomic E-state index is 5.90. The number of halogens is 1. The highest BCUT2D eigenvalue weighted by molar-refractivity contribution is 6.30. The van der Waals surface area contributed by atoms with Crippen molar-refractivity contribution in [2.24, 2.45) is 0 Å². The number of rotatable bonds is 6. The normalized spacial score (nSPS) is 19.8. The van der Waals surface area contributed by atoms with Crippen LogP contribution in [-0.2, 0) is 6.54 Å². The molecule has 0 aromatic heterocycles. The maximum Gasteiger partial charge on any atom is 0.0406 e. The molecule has 0 amide bonds. The Labute approximate surface area is 122 Å². The van der Waals surface area contributed by atoms with E-state index in [0.29, 0.717) is 0 Å². The van der Waals surface area contributed by atoms with Crippen LogP contribution in [0, 0.1) is 0 Å². The third kappa shape index (κ3) is 5.52. The summed E-state index contributed by atoms with van der Waals surface area (Å²) in [5.41, 5.74) is 1.34. The van der Waals surface area contributed by atoms with Gasteiger partial charge in [-0.25, -0.2) is 0 Å². The number of hydrogen-bond acceptors (Lipinski definition) is 2. The minimum absolute atomic E-state index is 0.762. The predicted octanol–water partition coefficient (Wildman–Crippen LogP) is 3.69. The molecule has 2 rings (SSSR count). The van der Waals surface area contributed by atoms with Crippen LogP contribution in [0.4, 0.5) is 0 Å². The van der Waals surface area contributed by atoms with E-state index in [-0.39, 0.29) is 0 Å². The molecule has 19 heavy (non-hydrogen) atoms. The highest BCUT2D eigenvalue weighted by Gasteiger charge is 2.12. The molecule has 1 aromatic carbocycles. The van der Waals surface area contributed by atoms with Gasteiger partial charge in [-0.1, -0.05) is 30.2 Å². The van der Waals surface area contributed by atoms with E-state index in [9.17, 15) is 0 Å². The first kappa shape index (κ1) is 14.8. The van der Waals surface area contributed by atoms with Gasteiger partial charge in [0.2, 0.25) is 0 Å². The average molecular weight is 281 g/mol. The summed E-state index contributed by atoms with van der Waals surface area (Å²) in [6.07, 6.45) is 6.71. The molecule has 0 bridgehead atoms. The fraction of sp³-hybridized carbons (Fsp3) is 0.625. The molecule has 1 aromatic rings. The summed E-state index contributed by atoms with van der Waals surface area (Å²) in [5, 5.41) is 4.43. The summed E-state index contributed by atoms with van der Waals surface area (Å²) in [6.45, 7) is 3.39. The lowest BCUT2D eigenvalue weighted by Crippen LogP contribution is -2.34. The quantitative estimate of drug-likeness (QED) is 0.855. The van der Waals surface area contributed by atoms with Crippen LogP contribution >= 0.6 is 11.6 Å². The summed E-state index contributed by atoms with van der Waals surface area (Å²) in [5.74, 6) is 0. The van der Waals surface area contributed by atoms with E-state index in [1.807, 2.05) is 12.1 Å². The zero-order valence-electron chi connectivity index (χ0n) is 11.9. The molecule has 106 valence electrons. The Balaban J connectivity index is 1.63. The molecule has 0 spiro atoms. The Morgan fingerprint density at radius 1 is 1.26 bits per heavy atom. The van der Waals surface area contributed by atoms with Crippen molar-refractivity contribution in [2.45, 2.75) is 44.7 Å². The highest BCUT2D eigenvalue weighted by Crippen LogP contribution is 2.13. The Kier molecular flexibility index (Phi) is 6.15. The molecule has 1 heterocycles. The summed E-state index contributed by atoms with van der Waals surface area (Å²) in [7, 11) is 2.20. The van der Waals surface area contributed by atoms with Crippen LogP contribution < -0.4 is 5.32 Å². The Hall–Kier alpha value is -0.570. The molecular formula is C16H25ClN2. The van der Waals surface area contributed by atoms with E-state index >= 15 is 0 Å².